The van der Waals surface area contributed by atoms with E-state index in [0.717, 1.165) is 28.6 Å². The first-order valence-electron chi connectivity index (χ1n) is 7.05. The Morgan fingerprint density at radius 3 is 2.59 bits per heavy atom. The van der Waals surface area contributed by atoms with Gasteiger partial charge < -0.3 is 5.11 Å². The fraction of sp³-hybridized carbons (Fsp3) is 0.176. The molecule has 22 heavy (non-hydrogen) atoms. The molecule has 0 amide bonds. The highest BCUT2D eigenvalue weighted by atomic mass is 19.1. The molecule has 1 heterocycles. The standard InChI is InChI=1S/C17H15FN2O2/c1-2-16-14-9-12(17(21)22)5-8-15(14)19-20(16)10-11-3-6-13(18)7-4-11/h3-9H,2,10H2,1H3,(H,21,22). The Balaban J connectivity index is 2.05. The van der Waals surface area contributed by atoms with Gasteiger partial charge in [0.25, 0.3) is 0 Å². The Hall–Kier alpha value is -2.69. The maximum absolute atomic E-state index is 13.0. The van der Waals surface area contributed by atoms with Crippen LogP contribution in [0.4, 0.5) is 4.39 Å². The van der Waals surface area contributed by atoms with Crippen molar-refractivity contribution in [2.45, 2.75) is 19.9 Å². The average Bonchev–Trinajstić information content (AvgIpc) is 2.85. The van der Waals surface area contributed by atoms with Crippen LogP contribution in [0, 0.1) is 5.82 Å². The van der Waals surface area contributed by atoms with Gasteiger partial charge in [-0.3, -0.25) is 4.68 Å². The molecule has 2 aromatic carbocycles. The molecule has 112 valence electrons. The lowest BCUT2D eigenvalue weighted by atomic mass is 10.1. The highest BCUT2D eigenvalue weighted by Gasteiger charge is 2.13. The summed E-state index contributed by atoms with van der Waals surface area (Å²) < 4.78 is 14.8. The zero-order valence-electron chi connectivity index (χ0n) is 12.1. The number of nitrogens with zero attached hydrogens (tertiary/aromatic N) is 2. The van der Waals surface area contributed by atoms with Crippen LogP contribution in [0.2, 0.25) is 0 Å². The van der Waals surface area contributed by atoms with Crippen molar-refractivity contribution in [1.29, 1.82) is 0 Å². The number of carboxylic acid groups (broad SMARTS) is 1. The van der Waals surface area contributed by atoms with Gasteiger partial charge in [-0.05, 0) is 42.3 Å². The van der Waals surface area contributed by atoms with Gasteiger partial charge in [0.05, 0.1) is 17.6 Å². The number of rotatable bonds is 4. The summed E-state index contributed by atoms with van der Waals surface area (Å²) in [6.07, 6.45) is 0.737. The highest BCUT2D eigenvalue weighted by molar-refractivity contribution is 5.94. The molecule has 0 spiro atoms. The molecule has 0 unspecified atom stereocenters. The third kappa shape index (κ3) is 2.57. The summed E-state index contributed by atoms with van der Waals surface area (Å²) in [4.78, 5) is 11.1. The summed E-state index contributed by atoms with van der Waals surface area (Å²) in [5, 5.41) is 14.5. The zero-order chi connectivity index (χ0) is 15.7. The lowest BCUT2D eigenvalue weighted by Crippen LogP contribution is -2.05. The smallest absolute Gasteiger partial charge is 0.335 e. The molecule has 0 radical (unpaired) electrons. The van der Waals surface area contributed by atoms with E-state index in [1.807, 2.05) is 11.6 Å². The fourth-order valence-electron chi connectivity index (χ4n) is 2.58. The number of halogens is 1. The van der Waals surface area contributed by atoms with E-state index in [2.05, 4.69) is 5.10 Å². The van der Waals surface area contributed by atoms with Crippen molar-refractivity contribution in [3.63, 3.8) is 0 Å². The molecular formula is C17H15FN2O2. The third-order valence-electron chi connectivity index (χ3n) is 3.67. The van der Waals surface area contributed by atoms with E-state index in [1.165, 1.54) is 12.1 Å². The Morgan fingerprint density at radius 1 is 1.23 bits per heavy atom. The van der Waals surface area contributed by atoms with Crippen molar-refractivity contribution >= 4 is 16.9 Å². The first-order valence-corrected chi connectivity index (χ1v) is 7.05. The molecule has 0 aliphatic rings. The normalized spacial score (nSPS) is 11.0. The van der Waals surface area contributed by atoms with Crippen molar-refractivity contribution in [2.24, 2.45) is 0 Å². The summed E-state index contributed by atoms with van der Waals surface area (Å²) in [6, 6.07) is 11.2. The zero-order valence-corrected chi connectivity index (χ0v) is 12.1. The number of benzene rings is 2. The number of aryl methyl sites for hydroxylation is 1. The van der Waals surface area contributed by atoms with Gasteiger partial charge in [0, 0.05) is 11.1 Å². The van der Waals surface area contributed by atoms with E-state index in [0.29, 0.717) is 6.54 Å². The minimum atomic E-state index is -0.949. The summed E-state index contributed by atoms with van der Waals surface area (Å²) in [5.41, 5.74) is 2.94. The van der Waals surface area contributed by atoms with E-state index >= 15 is 0 Å². The molecule has 0 fully saturated rings. The van der Waals surface area contributed by atoms with Crippen LogP contribution in [0.15, 0.2) is 42.5 Å². The molecule has 3 aromatic rings. The van der Waals surface area contributed by atoms with Gasteiger partial charge in [-0.25, -0.2) is 9.18 Å². The van der Waals surface area contributed by atoms with Crippen LogP contribution in [0.3, 0.4) is 0 Å². The molecule has 0 aliphatic carbocycles. The van der Waals surface area contributed by atoms with Crippen LogP contribution in [-0.4, -0.2) is 20.9 Å². The van der Waals surface area contributed by atoms with Crippen LogP contribution in [-0.2, 0) is 13.0 Å². The molecule has 0 aliphatic heterocycles. The lowest BCUT2D eigenvalue weighted by Gasteiger charge is -2.06. The number of fused-ring (bicyclic) bond motifs is 1. The largest absolute Gasteiger partial charge is 0.478 e. The Labute approximate surface area is 126 Å². The number of carboxylic acids is 1. The van der Waals surface area contributed by atoms with Crippen LogP contribution in [0.1, 0.15) is 28.5 Å². The second-order valence-corrected chi connectivity index (χ2v) is 5.12. The van der Waals surface area contributed by atoms with E-state index in [-0.39, 0.29) is 11.4 Å². The highest BCUT2D eigenvalue weighted by Crippen LogP contribution is 2.22. The van der Waals surface area contributed by atoms with Gasteiger partial charge in [-0.1, -0.05) is 19.1 Å². The maximum atomic E-state index is 13.0. The van der Waals surface area contributed by atoms with E-state index in [4.69, 9.17) is 5.11 Å². The van der Waals surface area contributed by atoms with Crippen molar-refractivity contribution < 1.29 is 14.3 Å². The van der Waals surface area contributed by atoms with Crippen LogP contribution in [0.25, 0.3) is 10.9 Å². The number of aromatic nitrogens is 2. The van der Waals surface area contributed by atoms with Crippen LogP contribution < -0.4 is 0 Å². The summed E-state index contributed by atoms with van der Waals surface area (Å²) in [7, 11) is 0. The number of aromatic carboxylic acids is 1. The maximum Gasteiger partial charge on any atom is 0.335 e. The molecule has 0 atom stereocenters. The van der Waals surface area contributed by atoms with Crippen LogP contribution in [0.5, 0.6) is 0 Å². The number of carbonyl (C=O) groups is 1. The van der Waals surface area contributed by atoms with Gasteiger partial charge in [-0.2, -0.15) is 5.10 Å². The fourth-order valence-corrected chi connectivity index (χ4v) is 2.58. The summed E-state index contributed by atoms with van der Waals surface area (Å²) >= 11 is 0. The predicted molar refractivity (Wildman–Crippen MR) is 81.6 cm³/mol. The molecule has 0 saturated carbocycles. The lowest BCUT2D eigenvalue weighted by molar-refractivity contribution is 0.0697. The first kappa shape index (κ1) is 14.3. The van der Waals surface area contributed by atoms with Crippen molar-refractivity contribution in [3.8, 4) is 0 Å². The molecule has 1 aromatic heterocycles. The summed E-state index contributed by atoms with van der Waals surface area (Å²) in [5.74, 6) is -1.22. The second-order valence-electron chi connectivity index (χ2n) is 5.12. The molecule has 5 heteroatoms. The minimum absolute atomic E-state index is 0.253. The Kier molecular flexibility index (Phi) is 3.63. The van der Waals surface area contributed by atoms with Gasteiger partial charge in [-0.15, -0.1) is 0 Å². The predicted octanol–water partition coefficient (Wildman–Crippen LogP) is 3.48. The van der Waals surface area contributed by atoms with E-state index < -0.39 is 5.97 Å². The minimum Gasteiger partial charge on any atom is -0.478 e. The number of hydrogen-bond donors (Lipinski definition) is 1. The van der Waals surface area contributed by atoms with Gasteiger partial charge in [0.2, 0.25) is 0 Å². The van der Waals surface area contributed by atoms with Gasteiger partial charge in [0.15, 0.2) is 0 Å². The molecule has 4 nitrogen and oxygen atoms in total. The van der Waals surface area contributed by atoms with E-state index in [1.54, 1.807) is 30.3 Å². The molecular weight excluding hydrogens is 283 g/mol. The first-order chi connectivity index (χ1) is 10.6. The average molecular weight is 298 g/mol. The Bertz CT molecular complexity index is 838. The van der Waals surface area contributed by atoms with Crippen LogP contribution >= 0.6 is 0 Å². The van der Waals surface area contributed by atoms with E-state index in [9.17, 15) is 9.18 Å². The third-order valence-corrected chi connectivity index (χ3v) is 3.67. The second kappa shape index (κ2) is 5.60. The van der Waals surface area contributed by atoms with Gasteiger partial charge in [0.1, 0.15) is 5.82 Å². The molecule has 0 saturated heterocycles. The van der Waals surface area contributed by atoms with Gasteiger partial charge >= 0.3 is 5.97 Å². The van der Waals surface area contributed by atoms with Crippen molar-refractivity contribution in [1.82, 2.24) is 9.78 Å². The summed E-state index contributed by atoms with van der Waals surface area (Å²) in [6.45, 7) is 2.53. The topological polar surface area (TPSA) is 55.1 Å². The monoisotopic (exact) mass is 298 g/mol. The van der Waals surface area contributed by atoms with Crippen molar-refractivity contribution in [3.05, 3.63) is 65.1 Å². The molecule has 3 rings (SSSR count). The molecule has 1 N–H and O–H groups in total. The quantitative estimate of drug-likeness (QED) is 0.802. The van der Waals surface area contributed by atoms with Crippen molar-refractivity contribution in [2.75, 3.05) is 0 Å². The Morgan fingerprint density at radius 2 is 1.95 bits per heavy atom. The number of hydrogen-bond acceptors (Lipinski definition) is 2. The molecule has 0 bridgehead atoms. The SMILES string of the molecule is CCc1c2cc(C(=O)O)ccc2nn1Cc1ccc(F)cc1.